The van der Waals surface area contributed by atoms with Crippen LogP contribution in [0.4, 0.5) is 0 Å². The molecular weight excluding hydrogens is 374 g/mol. The fraction of sp³-hybridized carbons (Fsp3) is 0.550. The van der Waals surface area contributed by atoms with Gasteiger partial charge in [0.25, 0.3) is 5.91 Å². The summed E-state index contributed by atoms with van der Waals surface area (Å²) in [7, 11) is 1.60. The molecule has 9 heteroatoms. The van der Waals surface area contributed by atoms with Crippen LogP contribution in [0.15, 0.2) is 16.7 Å². The first-order valence-corrected chi connectivity index (χ1v) is 9.80. The predicted molar refractivity (Wildman–Crippen MR) is 107 cm³/mol. The van der Waals surface area contributed by atoms with E-state index in [1.165, 1.54) is 0 Å². The second-order valence-electron chi connectivity index (χ2n) is 7.33. The van der Waals surface area contributed by atoms with Gasteiger partial charge in [-0.1, -0.05) is 5.16 Å². The van der Waals surface area contributed by atoms with E-state index >= 15 is 0 Å². The first kappa shape index (κ1) is 21.1. The molecule has 1 N–H and O–H groups in total. The standard InChI is InChI=1S/C20H29N5O4/c1-14-11-17(16(3)25(14)18-12-15(2)29-22-18)20(27)24-8-6-23(7-9-24)13-19(26)21-5-10-28-4/h11-12H,5-10,13H2,1-4H3,(H,21,26). The number of rotatable bonds is 7. The number of ether oxygens (including phenoxy) is 1. The maximum atomic E-state index is 13.1. The lowest BCUT2D eigenvalue weighted by Crippen LogP contribution is -2.51. The molecule has 9 nitrogen and oxygen atoms in total. The molecule has 2 amide bonds. The van der Waals surface area contributed by atoms with Gasteiger partial charge in [0.15, 0.2) is 5.82 Å². The van der Waals surface area contributed by atoms with Crippen LogP contribution in [0.1, 0.15) is 27.5 Å². The van der Waals surface area contributed by atoms with Crippen LogP contribution in [0.5, 0.6) is 0 Å². The van der Waals surface area contributed by atoms with Crippen molar-refractivity contribution in [1.29, 1.82) is 0 Å². The number of hydrogen-bond acceptors (Lipinski definition) is 6. The number of hydrogen-bond donors (Lipinski definition) is 1. The largest absolute Gasteiger partial charge is 0.383 e. The van der Waals surface area contributed by atoms with E-state index in [-0.39, 0.29) is 11.8 Å². The fourth-order valence-electron chi connectivity index (χ4n) is 3.62. The van der Waals surface area contributed by atoms with E-state index in [0.29, 0.717) is 57.3 Å². The highest BCUT2D eigenvalue weighted by Gasteiger charge is 2.26. The summed E-state index contributed by atoms with van der Waals surface area (Å²) < 4.78 is 12.0. The van der Waals surface area contributed by atoms with Crippen molar-refractivity contribution in [3.05, 3.63) is 34.8 Å². The summed E-state index contributed by atoms with van der Waals surface area (Å²) in [5.74, 6) is 1.39. The molecule has 29 heavy (non-hydrogen) atoms. The van der Waals surface area contributed by atoms with Gasteiger partial charge in [-0.25, -0.2) is 0 Å². The molecule has 2 aromatic heterocycles. The third kappa shape index (κ3) is 4.86. The summed E-state index contributed by atoms with van der Waals surface area (Å²) in [5.41, 5.74) is 2.46. The lowest BCUT2D eigenvalue weighted by Gasteiger charge is -2.34. The maximum absolute atomic E-state index is 13.1. The molecular formula is C20H29N5O4. The van der Waals surface area contributed by atoms with E-state index in [4.69, 9.17) is 9.26 Å². The van der Waals surface area contributed by atoms with Crippen molar-refractivity contribution in [3.63, 3.8) is 0 Å². The first-order valence-electron chi connectivity index (χ1n) is 9.80. The van der Waals surface area contributed by atoms with Gasteiger partial charge >= 0.3 is 0 Å². The first-order chi connectivity index (χ1) is 13.9. The molecule has 0 spiro atoms. The number of nitrogens with one attached hydrogen (secondary N) is 1. The molecule has 0 aliphatic carbocycles. The van der Waals surface area contributed by atoms with E-state index in [1.54, 1.807) is 7.11 Å². The average molecular weight is 403 g/mol. The van der Waals surface area contributed by atoms with Crippen LogP contribution >= 0.6 is 0 Å². The van der Waals surface area contributed by atoms with Gasteiger partial charge in [-0.15, -0.1) is 0 Å². The topological polar surface area (TPSA) is 92.8 Å². The van der Waals surface area contributed by atoms with Gasteiger partial charge in [0.05, 0.1) is 18.7 Å². The second kappa shape index (κ2) is 9.23. The van der Waals surface area contributed by atoms with Crippen molar-refractivity contribution < 1.29 is 18.8 Å². The molecule has 1 aliphatic heterocycles. The van der Waals surface area contributed by atoms with Gasteiger partial charge in [-0.05, 0) is 26.8 Å². The van der Waals surface area contributed by atoms with Gasteiger partial charge in [-0.2, -0.15) is 0 Å². The predicted octanol–water partition coefficient (Wildman–Crippen LogP) is 0.911. The Bertz CT molecular complexity index is 864. The zero-order valence-electron chi connectivity index (χ0n) is 17.5. The Morgan fingerprint density at radius 3 is 2.52 bits per heavy atom. The Morgan fingerprint density at radius 1 is 1.17 bits per heavy atom. The molecule has 3 rings (SSSR count). The molecule has 158 valence electrons. The molecule has 2 aromatic rings. The minimum Gasteiger partial charge on any atom is -0.383 e. The number of nitrogens with zero attached hydrogens (tertiary/aromatic N) is 4. The second-order valence-corrected chi connectivity index (χ2v) is 7.33. The van der Waals surface area contributed by atoms with Crippen LogP contribution in [0, 0.1) is 20.8 Å². The monoisotopic (exact) mass is 403 g/mol. The van der Waals surface area contributed by atoms with Crippen molar-refractivity contribution in [2.45, 2.75) is 20.8 Å². The molecule has 0 radical (unpaired) electrons. The van der Waals surface area contributed by atoms with Crippen LogP contribution in [0.3, 0.4) is 0 Å². The summed E-state index contributed by atoms with van der Waals surface area (Å²) in [6, 6.07) is 3.75. The fourth-order valence-corrected chi connectivity index (χ4v) is 3.62. The van der Waals surface area contributed by atoms with Gasteiger partial charge in [0.1, 0.15) is 5.76 Å². The third-order valence-electron chi connectivity index (χ3n) is 5.16. The molecule has 0 bridgehead atoms. The molecule has 0 saturated carbocycles. The number of methoxy groups -OCH3 is 1. The zero-order valence-corrected chi connectivity index (χ0v) is 17.5. The van der Waals surface area contributed by atoms with Crippen molar-refractivity contribution in [1.82, 2.24) is 24.8 Å². The molecule has 0 unspecified atom stereocenters. The van der Waals surface area contributed by atoms with E-state index < -0.39 is 0 Å². The average Bonchev–Trinajstić information content (AvgIpc) is 3.24. The van der Waals surface area contributed by atoms with Crippen molar-refractivity contribution in [2.24, 2.45) is 0 Å². The normalized spacial score (nSPS) is 15.0. The Hall–Kier alpha value is -2.65. The highest BCUT2D eigenvalue weighted by Crippen LogP contribution is 2.22. The Balaban J connectivity index is 1.59. The molecule has 1 saturated heterocycles. The van der Waals surface area contributed by atoms with Crippen LogP contribution in [0.2, 0.25) is 0 Å². The van der Waals surface area contributed by atoms with Crippen molar-refractivity contribution in [3.8, 4) is 5.82 Å². The van der Waals surface area contributed by atoms with E-state index in [1.807, 2.05) is 42.4 Å². The molecule has 0 atom stereocenters. The van der Waals surface area contributed by atoms with Crippen molar-refractivity contribution in [2.75, 3.05) is 53.0 Å². The molecule has 1 aliphatic rings. The Morgan fingerprint density at radius 2 is 1.90 bits per heavy atom. The summed E-state index contributed by atoms with van der Waals surface area (Å²) in [6.07, 6.45) is 0. The number of aromatic nitrogens is 2. The zero-order chi connectivity index (χ0) is 21.0. The van der Waals surface area contributed by atoms with Crippen LogP contribution in [-0.4, -0.2) is 84.3 Å². The number of amides is 2. The number of carbonyl (C=O) groups excluding carboxylic acids is 2. The summed E-state index contributed by atoms with van der Waals surface area (Å²) in [5, 5.41) is 6.89. The molecule has 1 fully saturated rings. The van der Waals surface area contributed by atoms with Crippen molar-refractivity contribution >= 4 is 11.8 Å². The van der Waals surface area contributed by atoms with Crippen LogP contribution < -0.4 is 5.32 Å². The lowest BCUT2D eigenvalue weighted by atomic mass is 10.2. The van der Waals surface area contributed by atoms with Crippen LogP contribution in [0.25, 0.3) is 5.82 Å². The Labute approximate surface area is 170 Å². The number of aryl methyl sites for hydroxylation is 2. The summed E-state index contributed by atoms with van der Waals surface area (Å²) in [6.45, 7) is 9.59. The van der Waals surface area contributed by atoms with E-state index in [9.17, 15) is 9.59 Å². The summed E-state index contributed by atoms with van der Waals surface area (Å²) in [4.78, 5) is 28.9. The third-order valence-corrected chi connectivity index (χ3v) is 5.16. The SMILES string of the molecule is COCCNC(=O)CN1CCN(C(=O)c2cc(C)n(-c3cc(C)on3)c2C)CC1. The Kier molecular flexibility index (Phi) is 6.71. The van der Waals surface area contributed by atoms with Gasteiger partial charge in [-0.3, -0.25) is 19.1 Å². The maximum Gasteiger partial charge on any atom is 0.255 e. The number of carbonyl (C=O) groups is 2. The quantitative estimate of drug-likeness (QED) is 0.691. The highest BCUT2D eigenvalue weighted by atomic mass is 16.5. The highest BCUT2D eigenvalue weighted by molar-refractivity contribution is 5.96. The summed E-state index contributed by atoms with van der Waals surface area (Å²) >= 11 is 0. The molecule has 3 heterocycles. The lowest BCUT2D eigenvalue weighted by molar-refractivity contribution is -0.122. The minimum atomic E-state index is -0.0201. The van der Waals surface area contributed by atoms with Gasteiger partial charge < -0.3 is 19.5 Å². The van der Waals surface area contributed by atoms with Gasteiger partial charge in [0, 0.05) is 57.3 Å². The van der Waals surface area contributed by atoms with E-state index in [2.05, 4.69) is 15.4 Å². The van der Waals surface area contributed by atoms with Crippen LogP contribution in [-0.2, 0) is 9.53 Å². The smallest absolute Gasteiger partial charge is 0.255 e. The van der Waals surface area contributed by atoms with Gasteiger partial charge in [0.2, 0.25) is 5.91 Å². The minimum absolute atomic E-state index is 0.00811. The van der Waals surface area contributed by atoms with E-state index in [0.717, 1.165) is 17.1 Å². The molecule has 0 aromatic carbocycles. The number of piperazine rings is 1.